The number of halogens is 1. The maximum atomic E-state index is 13.6. The van der Waals surface area contributed by atoms with Crippen LogP contribution in [0.4, 0.5) is 4.39 Å². The molecule has 1 aromatic heterocycles. The van der Waals surface area contributed by atoms with Crippen LogP contribution in [0.3, 0.4) is 0 Å². The van der Waals surface area contributed by atoms with Crippen molar-refractivity contribution in [3.05, 3.63) is 47.5 Å². The highest BCUT2D eigenvalue weighted by Gasteiger charge is 2.13. The van der Waals surface area contributed by atoms with E-state index in [0.29, 0.717) is 18.5 Å². The Kier molecular flexibility index (Phi) is 4.99. The first-order valence-corrected chi connectivity index (χ1v) is 6.66. The van der Waals surface area contributed by atoms with Crippen molar-refractivity contribution in [1.29, 1.82) is 0 Å². The SMILES string of the molecule is CN(Cc1ccccc1F)C(=O)Cn1cc(CCN)nn1. The summed E-state index contributed by atoms with van der Waals surface area (Å²) in [5.74, 6) is -0.481. The van der Waals surface area contributed by atoms with Crippen molar-refractivity contribution < 1.29 is 9.18 Å². The number of carbonyl (C=O) groups excluding carboxylic acids is 1. The van der Waals surface area contributed by atoms with E-state index in [1.807, 2.05) is 0 Å². The van der Waals surface area contributed by atoms with Crippen LogP contribution >= 0.6 is 0 Å². The van der Waals surface area contributed by atoms with E-state index in [0.717, 1.165) is 5.69 Å². The summed E-state index contributed by atoms with van der Waals surface area (Å²) >= 11 is 0. The second kappa shape index (κ2) is 6.94. The van der Waals surface area contributed by atoms with Gasteiger partial charge in [-0.3, -0.25) is 4.79 Å². The fourth-order valence-corrected chi connectivity index (χ4v) is 1.91. The molecule has 0 radical (unpaired) electrons. The van der Waals surface area contributed by atoms with Gasteiger partial charge in [0.2, 0.25) is 5.91 Å². The minimum absolute atomic E-state index is 0.0719. The van der Waals surface area contributed by atoms with E-state index in [2.05, 4.69) is 10.3 Å². The van der Waals surface area contributed by atoms with Crippen LogP contribution in [0, 0.1) is 5.82 Å². The lowest BCUT2D eigenvalue weighted by atomic mass is 10.2. The lowest BCUT2D eigenvalue weighted by Crippen LogP contribution is -2.30. The Labute approximate surface area is 122 Å². The Morgan fingerprint density at radius 1 is 1.43 bits per heavy atom. The molecule has 112 valence electrons. The molecule has 2 N–H and O–H groups in total. The number of rotatable bonds is 6. The fourth-order valence-electron chi connectivity index (χ4n) is 1.91. The molecule has 0 saturated heterocycles. The van der Waals surface area contributed by atoms with Crippen molar-refractivity contribution >= 4 is 5.91 Å². The Bertz CT molecular complexity index is 613. The van der Waals surface area contributed by atoms with Gasteiger partial charge in [0.15, 0.2) is 0 Å². The second-order valence-electron chi connectivity index (χ2n) is 4.79. The standard InChI is InChI=1S/C14H18FN5O/c1-19(8-11-4-2-3-5-13(11)15)14(21)10-20-9-12(6-7-16)17-18-20/h2-5,9H,6-8,10,16H2,1H3. The molecule has 0 fully saturated rings. The van der Waals surface area contributed by atoms with Gasteiger partial charge < -0.3 is 10.6 Å². The second-order valence-corrected chi connectivity index (χ2v) is 4.79. The average molecular weight is 291 g/mol. The van der Waals surface area contributed by atoms with Gasteiger partial charge in [0.05, 0.1) is 5.69 Å². The Morgan fingerprint density at radius 3 is 2.90 bits per heavy atom. The highest BCUT2D eigenvalue weighted by atomic mass is 19.1. The molecule has 0 aliphatic carbocycles. The van der Waals surface area contributed by atoms with E-state index in [1.54, 1.807) is 31.4 Å². The summed E-state index contributed by atoms with van der Waals surface area (Å²) in [5.41, 5.74) is 6.67. The smallest absolute Gasteiger partial charge is 0.244 e. The summed E-state index contributed by atoms with van der Waals surface area (Å²) in [6, 6.07) is 6.40. The van der Waals surface area contributed by atoms with Gasteiger partial charge in [0.1, 0.15) is 12.4 Å². The molecule has 0 saturated carbocycles. The Morgan fingerprint density at radius 2 is 2.19 bits per heavy atom. The minimum Gasteiger partial charge on any atom is -0.340 e. The van der Waals surface area contributed by atoms with Gasteiger partial charge in [-0.25, -0.2) is 9.07 Å². The summed E-state index contributed by atoms with van der Waals surface area (Å²) in [6.45, 7) is 0.776. The van der Waals surface area contributed by atoms with Crippen LogP contribution in [0.25, 0.3) is 0 Å². The molecule has 1 aromatic carbocycles. The number of amides is 1. The first kappa shape index (κ1) is 15.1. The zero-order chi connectivity index (χ0) is 15.2. The number of carbonyl (C=O) groups is 1. The fraction of sp³-hybridized carbons (Fsp3) is 0.357. The maximum absolute atomic E-state index is 13.6. The maximum Gasteiger partial charge on any atom is 0.244 e. The number of nitrogens with zero attached hydrogens (tertiary/aromatic N) is 4. The number of aromatic nitrogens is 3. The molecule has 6 nitrogen and oxygen atoms in total. The van der Waals surface area contributed by atoms with E-state index in [-0.39, 0.29) is 24.8 Å². The zero-order valence-electron chi connectivity index (χ0n) is 11.9. The molecule has 1 heterocycles. The molecule has 0 spiro atoms. The van der Waals surface area contributed by atoms with E-state index < -0.39 is 0 Å². The summed E-state index contributed by atoms with van der Waals surface area (Å²) in [5, 5.41) is 7.79. The van der Waals surface area contributed by atoms with E-state index in [4.69, 9.17) is 5.73 Å². The van der Waals surface area contributed by atoms with Crippen LogP contribution in [0.2, 0.25) is 0 Å². The summed E-state index contributed by atoms with van der Waals surface area (Å²) in [7, 11) is 1.63. The summed E-state index contributed by atoms with van der Waals surface area (Å²) in [4.78, 5) is 13.5. The van der Waals surface area contributed by atoms with E-state index >= 15 is 0 Å². The zero-order valence-corrected chi connectivity index (χ0v) is 11.9. The van der Waals surface area contributed by atoms with Crippen molar-refractivity contribution in [2.24, 2.45) is 5.73 Å². The largest absolute Gasteiger partial charge is 0.340 e. The van der Waals surface area contributed by atoms with Crippen LogP contribution in [0.15, 0.2) is 30.5 Å². The highest BCUT2D eigenvalue weighted by Crippen LogP contribution is 2.09. The number of likely N-dealkylation sites (N-methyl/N-ethyl adjacent to an activating group) is 1. The molecule has 1 amide bonds. The molecule has 2 rings (SSSR count). The molecule has 0 bridgehead atoms. The number of nitrogens with two attached hydrogens (primary N) is 1. The van der Waals surface area contributed by atoms with Crippen LogP contribution in [0.5, 0.6) is 0 Å². The van der Waals surface area contributed by atoms with Crippen LogP contribution in [-0.2, 0) is 24.3 Å². The van der Waals surface area contributed by atoms with Gasteiger partial charge in [0, 0.05) is 31.8 Å². The quantitative estimate of drug-likeness (QED) is 0.844. The molecule has 21 heavy (non-hydrogen) atoms. The van der Waals surface area contributed by atoms with E-state index in [9.17, 15) is 9.18 Å². The molecular formula is C14H18FN5O. The van der Waals surface area contributed by atoms with Gasteiger partial charge in [-0.05, 0) is 12.6 Å². The van der Waals surface area contributed by atoms with Gasteiger partial charge in [-0.1, -0.05) is 23.4 Å². The third-order valence-electron chi connectivity index (χ3n) is 3.07. The highest BCUT2D eigenvalue weighted by molar-refractivity contribution is 5.75. The van der Waals surface area contributed by atoms with Crippen LogP contribution < -0.4 is 5.73 Å². The van der Waals surface area contributed by atoms with Gasteiger partial charge >= 0.3 is 0 Å². The van der Waals surface area contributed by atoms with Crippen LogP contribution in [-0.4, -0.2) is 39.4 Å². The first-order valence-electron chi connectivity index (χ1n) is 6.66. The molecule has 2 aromatic rings. The number of benzene rings is 1. The number of hydrogen-bond acceptors (Lipinski definition) is 4. The lowest BCUT2D eigenvalue weighted by Gasteiger charge is -2.17. The molecule has 0 unspecified atom stereocenters. The predicted molar refractivity (Wildman–Crippen MR) is 75.7 cm³/mol. The molecule has 0 aliphatic rings. The van der Waals surface area contributed by atoms with Gasteiger partial charge in [0.25, 0.3) is 0 Å². The normalized spacial score (nSPS) is 10.6. The van der Waals surface area contributed by atoms with Gasteiger partial charge in [-0.15, -0.1) is 5.10 Å². The summed E-state index contributed by atoms with van der Waals surface area (Å²) < 4.78 is 15.0. The summed E-state index contributed by atoms with van der Waals surface area (Å²) in [6.07, 6.45) is 2.32. The van der Waals surface area contributed by atoms with E-state index in [1.165, 1.54) is 15.6 Å². The first-order chi connectivity index (χ1) is 10.1. The van der Waals surface area contributed by atoms with Crippen molar-refractivity contribution in [2.45, 2.75) is 19.5 Å². The molecule has 7 heteroatoms. The average Bonchev–Trinajstić information content (AvgIpc) is 2.89. The van der Waals surface area contributed by atoms with Crippen molar-refractivity contribution in [2.75, 3.05) is 13.6 Å². The minimum atomic E-state index is -0.317. The topological polar surface area (TPSA) is 77.0 Å². The van der Waals surface area contributed by atoms with Crippen molar-refractivity contribution in [3.8, 4) is 0 Å². The Balaban J connectivity index is 1.94. The van der Waals surface area contributed by atoms with Crippen LogP contribution in [0.1, 0.15) is 11.3 Å². The molecule has 0 aliphatic heterocycles. The monoisotopic (exact) mass is 291 g/mol. The molecular weight excluding hydrogens is 273 g/mol. The number of hydrogen-bond donors (Lipinski definition) is 1. The lowest BCUT2D eigenvalue weighted by molar-refractivity contribution is -0.131. The Hall–Kier alpha value is -2.28. The third kappa shape index (κ3) is 4.09. The van der Waals surface area contributed by atoms with Gasteiger partial charge in [-0.2, -0.15) is 0 Å². The predicted octanol–water partition coefficient (Wildman–Crippen LogP) is 0.577. The third-order valence-corrected chi connectivity index (χ3v) is 3.07. The van der Waals surface area contributed by atoms with Crippen molar-refractivity contribution in [3.63, 3.8) is 0 Å². The van der Waals surface area contributed by atoms with Crippen molar-refractivity contribution in [1.82, 2.24) is 19.9 Å². The molecule has 0 atom stereocenters.